The first-order chi connectivity index (χ1) is 12.1. The molecule has 1 aliphatic carbocycles. The van der Waals surface area contributed by atoms with Crippen molar-refractivity contribution in [3.63, 3.8) is 0 Å². The minimum atomic E-state index is 0.388. The second-order valence-electron chi connectivity index (χ2n) is 6.81. The molecule has 2 atom stereocenters. The van der Waals surface area contributed by atoms with E-state index in [-0.39, 0.29) is 0 Å². The third kappa shape index (κ3) is 3.11. The molecule has 0 bridgehead atoms. The summed E-state index contributed by atoms with van der Waals surface area (Å²) >= 11 is 12.4. The number of nitrogens with one attached hydrogen (secondary N) is 1. The van der Waals surface area contributed by atoms with Gasteiger partial charge in [0.05, 0.1) is 5.02 Å². The van der Waals surface area contributed by atoms with Crippen molar-refractivity contribution >= 4 is 23.2 Å². The van der Waals surface area contributed by atoms with Crippen molar-refractivity contribution in [1.29, 1.82) is 0 Å². The van der Waals surface area contributed by atoms with E-state index in [2.05, 4.69) is 29.3 Å². The Morgan fingerprint density at radius 3 is 2.68 bits per heavy atom. The zero-order chi connectivity index (χ0) is 17.6. The lowest BCUT2D eigenvalue weighted by Gasteiger charge is -2.19. The number of aromatic nitrogens is 5. The molecule has 7 heteroatoms. The molecule has 5 nitrogen and oxygen atoms in total. The quantitative estimate of drug-likeness (QED) is 0.664. The summed E-state index contributed by atoms with van der Waals surface area (Å²) in [7, 11) is 0. The van der Waals surface area contributed by atoms with E-state index in [0.29, 0.717) is 45.0 Å². The summed E-state index contributed by atoms with van der Waals surface area (Å²) < 4.78 is 0. The highest BCUT2D eigenvalue weighted by Crippen LogP contribution is 2.47. The van der Waals surface area contributed by atoms with Crippen LogP contribution in [-0.2, 0) is 0 Å². The lowest BCUT2D eigenvalue weighted by molar-refractivity contribution is 0.392. The van der Waals surface area contributed by atoms with E-state index in [1.54, 1.807) is 12.1 Å². The minimum absolute atomic E-state index is 0.388. The predicted octanol–water partition coefficient (Wildman–Crippen LogP) is 5.21. The van der Waals surface area contributed by atoms with Gasteiger partial charge >= 0.3 is 0 Å². The standard InChI is InChI=1S/C18H19Cl2N5/c1-3-9(2)14(10-4-5-10)17-21-16-15(23-25-24-18(16)22-17)12-7-6-11(19)8-13(12)20/h6-10,14H,3-5H2,1-2H3,(H,21,22,23,24). The average Bonchev–Trinajstić information content (AvgIpc) is 3.32. The van der Waals surface area contributed by atoms with Crippen LogP contribution in [0.15, 0.2) is 18.2 Å². The summed E-state index contributed by atoms with van der Waals surface area (Å²) in [5, 5.41) is 12.2. The summed E-state index contributed by atoms with van der Waals surface area (Å²) in [5.74, 6) is 3.17. The Bertz CT molecular complexity index is 874. The van der Waals surface area contributed by atoms with Gasteiger partial charge in [-0.3, -0.25) is 0 Å². The van der Waals surface area contributed by atoms with Gasteiger partial charge in [-0.05, 0) is 42.9 Å². The Kier molecular flexibility index (Phi) is 4.38. The van der Waals surface area contributed by atoms with Crippen LogP contribution in [0.3, 0.4) is 0 Å². The number of fused-ring (bicyclic) bond motifs is 1. The topological polar surface area (TPSA) is 67.3 Å². The van der Waals surface area contributed by atoms with Crippen LogP contribution in [0.1, 0.15) is 44.9 Å². The number of rotatable bonds is 5. The molecular formula is C18H19Cl2N5. The molecule has 0 aromatic heterocycles. The number of hydrogen-bond donors (Lipinski definition) is 1. The van der Waals surface area contributed by atoms with Gasteiger partial charge in [0.1, 0.15) is 17.2 Å². The smallest absolute Gasteiger partial charge is 0.178 e. The zero-order valence-electron chi connectivity index (χ0n) is 14.1. The molecule has 0 radical (unpaired) electrons. The third-order valence-electron chi connectivity index (χ3n) is 5.08. The van der Waals surface area contributed by atoms with Crippen molar-refractivity contribution in [2.75, 3.05) is 0 Å². The van der Waals surface area contributed by atoms with E-state index in [1.165, 1.54) is 12.8 Å². The van der Waals surface area contributed by atoms with Crippen LogP contribution < -0.4 is 0 Å². The van der Waals surface area contributed by atoms with E-state index in [0.717, 1.165) is 17.8 Å². The summed E-state index contributed by atoms with van der Waals surface area (Å²) in [6, 6.07) is 5.33. The molecule has 0 spiro atoms. The van der Waals surface area contributed by atoms with E-state index in [9.17, 15) is 0 Å². The predicted molar refractivity (Wildman–Crippen MR) is 99.0 cm³/mol. The lowest BCUT2D eigenvalue weighted by Crippen LogP contribution is -2.12. The van der Waals surface area contributed by atoms with Crippen LogP contribution >= 0.6 is 23.2 Å². The van der Waals surface area contributed by atoms with Crippen molar-refractivity contribution in [2.24, 2.45) is 11.8 Å². The van der Waals surface area contributed by atoms with Crippen LogP contribution in [0.25, 0.3) is 22.8 Å². The fraction of sp³-hybridized carbons (Fsp3) is 0.444. The minimum Gasteiger partial charge on any atom is -0.240 e. The lowest BCUT2D eigenvalue weighted by atomic mass is 9.87. The molecule has 1 saturated carbocycles. The average molecular weight is 376 g/mol. The molecule has 2 aliphatic heterocycles. The van der Waals surface area contributed by atoms with Gasteiger partial charge in [0.2, 0.25) is 0 Å². The Morgan fingerprint density at radius 1 is 1.20 bits per heavy atom. The molecule has 130 valence electrons. The maximum Gasteiger partial charge on any atom is 0.178 e. The summed E-state index contributed by atoms with van der Waals surface area (Å²) in [4.78, 5) is 9.59. The van der Waals surface area contributed by atoms with Crippen LogP contribution in [0.2, 0.25) is 10.0 Å². The molecule has 1 aromatic carbocycles. The van der Waals surface area contributed by atoms with Crippen LogP contribution in [0.4, 0.5) is 0 Å². The monoisotopic (exact) mass is 375 g/mol. The van der Waals surface area contributed by atoms with Crippen molar-refractivity contribution in [1.82, 2.24) is 25.4 Å². The summed E-state index contributed by atoms with van der Waals surface area (Å²) in [6.45, 7) is 4.50. The molecule has 2 unspecified atom stereocenters. The number of H-pyrrole nitrogens is 1. The Labute approximate surface area is 156 Å². The van der Waals surface area contributed by atoms with Gasteiger partial charge in [-0.15, -0.1) is 5.10 Å². The van der Waals surface area contributed by atoms with Crippen molar-refractivity contribution in [3.8, 4) is 22.8 Å². The number of benzene rings is 1. The van der Waals surface area contributed by atoms with Crippen LogP contribution in [0, 0.1) is 11.8 Å². The summed E-state index contributed by atoms with van der Waals surface area (Å²) in [5.41, 5.74) is 2.10. The third-order valence-corrected chi connectivity index (χ3v) is 5.63. The number of nitrogens with zero attached hydrogens (tertiary/aromatic N) is 4. The molecule has 3 aliphatic rings. The van der Waals surface area contributed by atoms with Crippen molar-refractivity contribution in [3.05, 3.63) is 34.1 Å². The van der Waals surface area contributed by atoms with Crippen molar-refractivity contribution in [2.45, 2.75) is 39.0 Å². The largest absolute Gasteiger partial charge is 0.240 e. The number of imidazole rings is 1. The zero-order valence-corrected chi connectivity index (χ0v) is 15.6. The van der Waals surface area contributed by atoms with Crippen molar-refractivity contribution < 1.29 is 0 Å². The molecule has 1 N–H and O–H groups in total. The first-order valence-corrected chi connectivity index (χ1v) is 9.38. The highest BCUT2D eigenvalue weighted by atomic mass is 35.5. The highest BCUT2D eigenvalue weighted by molar-refractivity contribution is 6.36. The Hall–Kier alpha value is -1.72. The van der Waals surface area contributed by atoms with Gasteiger partial charge in [0.25, 0.3) is 0 Å². The first-order valence-electron chi connectivity index (χ1n) is 8.62. The van der Waals surface area contributed by atoms with Gasteiger partial charge in [-0.2, -0.15) is 0 Å². The molecule has 2 heterocycles. The van der Waals surface area contributed by atoms with E-state index >= 15 is 0 Å². The fourth-order valence-electron chi connectivity index (χ4n) is 3.42. The number of hydrogen-bond acceptors (Lipinski definition) is 4. The molecule has 25 heavy (non-hydrogen) atoms. The second kappa shape index (κ2) is 6.54. The van der Waals surface area contributed by atoms with Gasteiger partial charge < -0.3 is 0 Å². The van der Waals surface area contributed by atoms with E-state index in [1.807, 2.05) is 6.07 Å². The Morgan fingerprint density at radius 2 is 2.00 bits per heavy atom. The molecule has 1 aromatic rings. The fourth-order valence-corrected chi connectivity index (χ4v) is 3.92. The van der Waals surface area contributed by atoms with E-state index < -0.39 is 0 Å². The van der Waals surface area contributed by atoms with Crippen LogP contribution in [0.5, 0.6) is 0 Å². The van der Waals surface area contributed by atoms with Gasteiger partial charge in [-0.1, -0.05) is 48.7 Å². The Balaban J connectivity index is 1.82. The van der Waals surface area contributed by atoms with E-state index in [4.69, 9.17) is 33.2 Å². The van der Waals surface area contributed by atoms with Gasteiger partial charge in [-0.25, -0.2) is 15.1 Å². The summed E-state index contributed by atoms with van der Waals surface area (Å²) in [6.07, 6.45) is 3.63. The highest BCUT2D eigenvalue weighted by Gasteiger charge is 2.38. The molecule has 0 saturated heterocycles. The maximum absolute atomic E-state index is 6.36. The SMILES string of the molecule is CCC(C)C(c1nc2[nH]nnc(-c3ccc(Cl)cc3Cl)c-2n1)C1CC1. The maximum atomic E-state index is 6.36. The molecular weight excluding hydrogens is 357 g/mol. The second-order valence-corrected chi connectivity index (χ2v) is 7.66. The molecule has 4 rings (SSSR count). The van der Waals surface area contributed by atoms with Gasteiger partial charge in [0.15, 0.2) is 5.82 Å². The number of halogens is 2. The number of aromatic amines is 1. The van der Waals surface area contributed by atoms with Crippen LogP contribution in [-0.4, -0.2) is 25.4 Å². The first kappa shape index (κ1) is 16.7. The normalized spacial score (nSPS) is 17.0. The molecule has 1 fully saturated rings. The van der Waals surface area contributed by atoms with Gasteiger partial charge in [0, 0.05) is 16.5 Å². The molecule has 0 amide bonds.